The van der Waals surface area contributed by atoms with Crippen molar-refractivity contribution in [1.29, 1.82) is 0 Å². The van der Waals surface area contributed by atoms with Gasteiger partial charge in [0.2, 0.25) is 0 Å². The first kappa shape index (κ1) is 15.3. The molecule has 1 saturated heterocycles. The van der Waals surface area contributed by atoms with Crippen LogP contribution in [0, 0.1) is 23.7 Å². The van der Waals surface area contributed by atoms with Crippen molar-refractivity contribution in [3.05, 3.63) is 41.5 Å². The van der Waals surface area contributed by atoms with Gasteiger partial charge in [-0.05, 0) is 42.4 Å². The first-order chi connectivity index (χ1) is 10.5. The summed E-state index contributed by atoms with van der Waals surface area (Å²) in [5, 5.41) is 0. The lowest BCUT2D eigenvalue weighted by molar-refractivity contribution is -0.131. The van der Waals surface area contributed by atoms with Crippen LogP contribution < -0.4 is 4.74 Å². The van der Waals surface area contributed by atoms with Crippen molar-refractivity contribution in [3.63, 3.8) is 0 Å². The van der Waals surface area contributed by atoms with Gasteiger partial charge < -0.3 is 9.47 Å². The van der Waals surface area contributed by atoms with E-state index < -0.39 is 0 Å². The van der Waals surface area contributed by atoms with Crippen LogP contribution >= 0.6 is 0 Å². The van der Waals surface area contributed by atoms with Crippen molar-refractivity contribution in [2.45, 2.75) is 33.8 Å². The summed E-state index contributed by atoms with van der Waals surface area (Å²) < 4.78 is 11.3. The summed E-state index contributed by atoms with van der Waals surface area (Å²) in [4.78, 5) is 11.0. The fourth-order valence-corrected chi connectivity index (χ4v) is 4.14. The molecule has 0 aromatic heterocycles. The van der Waals surface area contributed by atoms with Gasteiger partial charge in [0.1, 0.15) is 5.75 Å². The second-order valence-electron chi connectivity index (χ2n) is 6.74. The van der Waals surface area contributed by atoms with Gasteiger partial charge in [-0.3, -0.25) is 4.79 Å². The van der Waals surface area contributed by atoms with Gasteiger partial charge in [0, 0.05) is 12.8 Å². The van der Waals surface area contributed by atoms with E-state index in [-0.39, 0.29) is 12.1 Å². The van der Waals surface area contributed by atoms with Crippen LogP contribution in [0.15, 0.2) is 35.9 Å². The molecule has 0 radical (unpaired) electrons. The van der Waals surface area contributed by atoms with Crippen LogP contribution in [0.5, 0.6) is 5.75 Å². The second-order valence-corrected chi connectivity index (χ2v) is 6.74. The highest BCUT2D eigenvalue weighted by molar-refractivity contribution is 5.69. The number of esters is 1. The topological polar surface area (TPSA) is 35.5 Å². The Morgan fingerprint density at radius 3 is 2.55 bits per heavy atom. The van der Waals surface area contributed by atoms with Crippen molar-refractivity contribution in [3.8, 4) is 5.75 Å². The van der Waals surface area contributed by atoms with Crippen LogP contribution in [0.3, 0.4) is 0 Å². The third-order valence-electron chi connectivity index (χ3n) is 5.23. The predicted octanol–water partition coefficient (Wildman–Crippen LogP) is 4.15. The molecule has 1 aliphatic carbocycles. The van der Waals surface area contributed by atoms with Crippen molar-refractivity contribution >= 4 is 5.97 Å². The van der Waals surface area contributed by atoms with E-state index in [2.05, 4.69) is 26.8 Å². The summed E-state index contributed by atoms with van der Waals surface area (Å²) in [7, 11) is 0. The summed E-state index contributed by atoms with van der Waals surface area (Å²) in [5.41, 5.74) is 2.60. The quantitative estimate of drug-likeness (QED) is 0.467. The number of hydrogen-bond donors (Lipinski definition) is 0. The highest BCUT2D eigenvalue weighted by Crippen LogP contribution is 2.49. The van der Waals surface area contributed by atoms with Gasteiger partial charge in [-0.1, -0.05) is 37.6 Å². The molecule has 3 rings (SSSR count). The maximum absolute atomic E-state index is 11.0. The summed E-state index contributed by atoms with van der Waals surface area (Å²) in [6.45, 7) is 9.10. The number of fused-ring (bicyclic) bond motifs is 2. The molecular formula is C19H24O3. The summed E-state index contributed by atoms with van der Waals surface area (Å²) in [6.07, 6.45) is 2.51. The van der Waals surface area contributed by atoms with E-state index in [0.29, 0.717) is 29.4 Å². The van der Waals surface area contributed by atoms with Crippen LogP contribution in [0.25, 0.3) is 0 Å². The highest BCUT2D eigenvalue weighted by atomic mass is 16.5. The maximum atomic E-state index is 11.0. The van der Waals surface area contributed by atoms with E-state index in [1.165, 1.54) is 12.5 Å². The fourth-order valence-electron chi connectivity index (χ4n) is 4.14. The Kier molecular flexibility index (Phi) is 4.09. The molecule has 0 N–H and O–H groups in total. The van der Waals surface area contributed by atoms with Gasteiger partial charge in [-0.25, -0.2) is 0 Å². The molecule has 0 unspecified atom stereocenters. The summed E-state index contributed by atoms with van der Waals surface area (Å²) in [5.74, 6) is 2.57. The molecule has 5 atom stereocenters. The Labute approximate surface area is 132 Å². The molecule has 1 fully saturated rings. The molecule has 2 bridgehead atoms. The minimum atomic E-state index is -0.293. The zero-order valence-electron chi connectivity index (χ0n) is 13.7. The molecular weight excluding hydrogens is 276 g/mol. The van der Waals surface area contributed by atoms with Gasteiger partial charge in [-0.2, -0.15) is 0 Å². The minimum Gasteiger partial charge on any atom is -0.427 e. The zero-order chi connectivity index (χ0) is 15.9. The molecule has 3 heteroatoms. The van der Waals surface area contributed by atoms with Gasteiger partial charge in [0.15, 0.2) is 0 Å². The minimum absolute atomic E-state index is 0.0985. The molecule has 22 heavy (non-hydrogen) atoms. The maximum Gasteiger partial charge on any atom is 0.308 e. The average molecular weight is 300 g/mol. The van der Waals surface area contributed by atoms with E-state index in [0.717, 1.165) is 12.2 Å². The number of benzene rings is 1. The Morgan fingerprint density at radius 1 is 1.23 bits per heavy atom. The molecule has 0 amide bonds. The molecule has 1 aromatic carbocycles. The van der Waals surface area contributed by atoms with Crippen molar-refractivity contribution in [2.75, 3.05) is 6.61 Å². The third-order valence-corrected chi connectivity index (χ3v) is 5.23. The first-order valence-electron chi connectivity index (χ1n) is 8.05. The number of allylic oxidation sites excluding steroid dienone is 1. The molecule has 2 aliphatic rings. The van der Waals surface area contributed by atoms with Crippen LogP contribution in [0.1, 0.15) is 39.4 Å². The Hall–Kier alpha value is -1.61. The van der Waals surface area contributed by atoms with Gasteiger partial charge in [0.25, 0.3) is 0 Å². The number of hydrogen-bond acceptors (Lipinski definition) is 3. The number of ether oxygens (including phenoxy) is 2. The highest BCUT2D eigenvalue weighted by Gasteiger charge is 2.43. The Balaban J connectivity index is 1.86. The lowest BCUT2D eigenvalue weighted by Crippen LogP contribution is -2.42. The number of carbonyl (C=O) groups excluding carboxylic acids is 1. The lowest BCUT2D eigenvalue weighted by Gasteiger charge is -2.47. The van der Waals surface area contributed by atoms with E-state index in [1.54, 1.807) is 0 Å². The molecule has 118 valence electrons. The Bertz CT molecular complexity index is 587. The van der Waals surface area contributed by atoms with Gasteiger partial charge in [0.05, 0.1) is 12.7 Å². The van der Waals surface area contributed by atoms with Crippen molar-refractivity contribution in [2.24, 2.45) is 23.7 Å². The first-order valence-corrected chi connectivity index (χ1v) is 8.05. The van der Waals surface area contributed by atoms with Crippen LogP contribution in [0.2, 0.25) is 0 Å². The fraction of sp³-hybridized carbons (Fsp3) is 0.526. The number of rotatable bonds is 2. The van der Waals surface area contributed by atoms with Crippen molar-refractivity contribution < 1.29 is 14.3 Å². The smallest absolute Gasteiger partial charge is 0.308 e. The van der Waals surface area contributed by atoms with E-state index >= 15 is 0 Å². The summed E-state index contributed by atoms with van der Waals surface area (Å²) in [6, 6.07) is 7.73. The average Bonchev–Trinajstić information content (AvgIpc) is 2.45. The molecule has 0 spiro atoms. The standard InChI is InChI=1S/C19H24O3/c1-11-9-12(2)18-13(3)17(11)10-21-19(18)15-5-7-16(8-6-15)22-14(4)20/h5-9,11,13,17-19H,10H2,1-4H3/t11-,13+,17-,18+,19-/m0/s1. The zero-order valence-corrected chi connectivity index (χ0v) is 13.7. The molecule has 3 nitrogen and oxygen atoms in total. The van der Waals surface area contributed by atoms with Gasteiger partial charge in [-0.15, -0.1) is 0 Å². The normalized spacial score (nSPS) is 34.0. The van der Waals surface area contributed by atoms with Crippen LogP contribution in [-0.4, -0.2) is 12.6 Å². The SMILES string of the molecule is CC(=O)Oc1ccc([C@@H]2OC[C@@H]3[C@@H](C)[C@H]2C(C)=C[C@@H]3C)cc1. The molecule has 1 aliphatic heterocycles. The van der Waals surface area contributed by atoms with Crippen LogP contribution in [0.4, 0.5) is 0 Å². The predicted molar refractivity (Wildman–Crippen MR) is 85.5 cm³/mol. The van der Waals surface area contributed by atoms with E-state index in [9.17, 15) is 4.79 Å². The molecule has 0 saturated carbocycles. The van der Waals surface area contributed by atoms with Crippen molar-refractivity contribution in [1.82, 2.24) is 0 Å². The molecule has 1 aromatic rings. The summed E-state index contributed by atoms with van der Waals surface area (Å²) >= 11 is 0. The van der Waals surface area contributed by atoms with Gasteiger partial charge >= 0.3 is 5.97 Å². The van der Waals surface area contributed by atoms with E-state index in [4.69, 9.17) is 9.47 Å². The monoisotopic (exact) mass is 300 g/mol. The number of carbonyl (C=O) groups is 1. The largest absolute Gasteiger partial charge is 0.427 e. The third kappa shape index (κ3) is 2.70. The lowest BCUT2D eigenvalue weighted by atomic mass is 9.64. The molecule has 1 heterocycles. The second kappa shape index (κ2) is 5.88. The van der Waals surface area contributed by atoms with E-state index in [1.807, 2.05) is 24.3 Å². The Morgan fingerprint density at radius 2 is 1.91 bits per heavy atom. The van der Waals surface area contributed by atoms with Crippen LogP contribution in [-0.2, 0) is 9.53 Å².